The average molecular weight is 332 g/mol. The lowest BCUT2D eigenvalue weighted by atomic mass is 9.93. The van der Waals surface area contributed by atoms with Gasteiger partial charge in [-0.05, 0) is 46.0 Å². The summed E-state index contributed by atoms with van der Waals surface area (Å²) in [5.41, 5.74) is 9.75. The lowest BCUT2D eigenvalue weighted by Crippen LogP contribution is -2.42. The monoisotopic (exact) mass is 332 g/mol. The topological polar surface area (TPSA) is 101 Å². The zero-order chi connectivity index (χ0) is 17.3. The lowest BCUT2D eigenvalue weighted by molar-refractivity contribution is 0.0600. The van der Waals surface area contributed by atoms with Crippen molar-refractivity contribution in [2.75, 3.05) is 6.54 Å². The zero-order valence-corrected chi connectivity index (χ0v) is 14.2. The number of rotatable bonds is 2. The van der Waals surface area contributed by atoms with Crippen LogP contribution < -0.4 is 11.2 Å². The smallest absolute Gasteiger partial charge is 0.332 e. The predicted molar refractivity (Wildman–Crippen MR) is 90.0 cm³/mol. The van der Waals surface area contributed by atoms with Crippen molar-refractivity contribution in [2.24, 2.45) is 10.8 Å². The third-order valence-electron chi connectivity index (χ3n) is 4.88. The van der Waals surface area contributed by atoms with E-state index in [1.165, 1.54) is 0 Å². The molecule has 2 aliphatic rings. The van der Waals surface area contributed by atoms with Gasteiger partial charge in [0.1, 0.15) is 5.76 Å². The molecule has 0 saturated carbocycles. The van der Waals surface area contributed by atoms with E-state index < -0.39 is 6.03 Å². The molecule has 1 aliphatic heterocycles. The molecule has 2 heterocycles. The molecule has 3 rings (SSSR count). The number of fused-ring (bicyclic) bond motifs is 1. The number of nitrogens with zero attached hydrogens (tertiary/aromatic N) is 2. The summed E-state index contributed by atoms with van der Waals surface area (Å²) < 4.78 is 5.92. The quantitative estimate of drug-likeness (QED) is 0.813. The number of nitrogens with two attached hydrogens (primary N) is 1. The van der Waals surface area contributed by atoms with Gasteiger partial charge in [-0.25, -0.2) is 10.2 Å². The van der Waals surface area contributed by atoms with Crippen LogP contribution in [0.25, 0.3) is 0 Å². The van der Waals surface area contributed by atoms with Gasteiger partial charge < -0.3 is 15.1 Å². The lowest BCUT2D eigenvalue weighted by Gasteiger charge is -2.32. The molecule has 7 heteroatoms. The molecule has 1 unspecified atom stereocenters. The van der Waals surface area contributed by atoms with Gasteiger partial charge in [0.05, 0.1) is 5.71 Å². The van der Waals surface area contributed by atoms with E-state index in [4.69, 9.17) is 10.2 Å². The molecule has 1 fully saturated rings. The highest BCUT2D eigenvalue weighted by molar-refractivity contribution is 6.06. The van der Waals surface area contributed by atoms with Gasteiger partial charge in [-0.2, -0.15) is 5.10 Å². The molecule has 1 aromatic rings. The van der Waals surface area contributed by atoms with E-state index in [1.807, 2.05) is 11.8 Å². The summed E-state index contributed by atoms with van der Waals surface area (Å²) in [6.45, 7) is 4.74. The summed E-state index contributed by atoms with van der Waals surface area (Å²) in [7, 11) is 0. The van der Waals surface area contributed by atoms with E-state index in [1.54, 1.807) is 0 Å². The number of carbonyl (C=O) groups excluding carboxylic acids is 2. The molecule has 0 bridgehead atoms. The molecule has 1 atom stereocenters. The van der Waals surface area contributed by atoms with Crippen LogP contribution in [0, 0.1) is 6.92 Å². The van der Waals surface area contributed by atoms with Gasteiger partial charge in [0.2, 0.25) is 0 Å². The summed E-state index contributed by atoms with van der Waals surface area (Å²) >= 11 is 0. The maximum Gasteiger partial charge on any atom is 0.332 e. The third kappa shape index (κ3) is 3.02. The fraction of sp³-hybridized carbons (Fsp3) is 0.588. The normalized spacial score (nSPS) is 22.3. The second kappa shape index (κ2) is 6.67. The second-order valence-corrected chi connectivity index (χ2v) is 6.59. The molecule has 3 amide bonds. The standard InChI is InChI=1S/C17H24N4O3/c1-10-6-3-4-9-21(10)16(22)15-11(2)14-12(19-20-17(18)23)7-5-8-13(14)24-15/h10H,3-9H2,1-2H3,(H3,18,20,23)/b19-12+. The molecular formula is C17H24N4O3. The Morgan fingerprint density at radius 1 is 1.29 bits per heavy atom. The van der Waals surface area contributed by atoms with Gasteiger partial charge >= 0.3 is 6.03 Å². The highest BCUT2D eigenvalue weighted by Gasteiger charge is 2.32. The molecule has 1 saturated heterocycles. The Labute approximate surface area is 141 Å². The molecule has 3 N–H and O–H groups in total. The molecule has 130 valence electrons. The number of carbonyl (C=O) groups is 2. The van der Waals surface area contributed by atoms with Gasteiger partial charge in [-0.3, -0.25) is 4.79 Å². The Morgan fingerprint density at radius 3 is 2.79 bits per heavy atom. The molecule has 0 aromatic carbocycles. The van der Waals surface area contributed by atoms with Crippen LogP contribution in [0.2, 0.25) is 0 Å². The van der Waals surface area contributed by atoms with Crippen molar-refractivity contribution >= 4 is 17.6 Å². The maximum absolute atomic E-state index is 12.9. The van der Waals surface area contributed by atoms with Gasteiger partial charge in [0, 0.05) is 30.1 Å². The average Bonchev–Trinajstić information content (AvgIpc) is 2.90. The fourth-order valence-corrected chi connectivity index (χ4v) is 3.64. The van der Waals surface area contributed by atoms with E-state index >= 15 is 0 Å². The van der Waals surface area contributed by atoms with Crippen molar-refractivity contribution in [3.8, 4) is 0 Å². The van der Waals surface area contributed by atoms with Crippen LogP contribution in [0.4, 0.5) is 4.79 Å². The number of furan rings is 1. The number of aryl methyl sites for hydroxylation is 1. The van der Waals surface area contributed by atoms with Crippen molar-refractivity contribution in [3.63, 3.8) is 0 Å². The second-order valence-electron chi connectivity index (χ2n) is 6.59. The first kappa shape index (κ1) is 16.5. The minimum absolute atomic E-state index is 0.0451. The van der Waals surface area contributed by atoms with Gasteiger partial charge in [0.25, 0.3) is 5.91 Å². The number of hydrogen-bond acceptors (Lipinski definition) is 4. The van der Waals surface area contributed by atoms with Gasteiger partial charge in [-0.1, -0.05) is 0 Å². The van der Waals surface area contributed by atoms with E-state index in [0.717, 1.165) is 67.7 Å². The highest BCUT2D eigenvalue weighted by atomic mass is 16.4. The summed E-state index contributed by atoms with van der Waals surface area (Å²) in [5, 5.41) is 4.09. The number of primary amides is 1. The Balaban J connectivity index is 1.93. The van der Waals surface area contributed by atoms with Crippen molar-refractivity contribution in [1.82, 2.24) is 10.3 Å². The zero-order valence-electron chi connectivity index (χ0n) is 14.2. The number of hydrazone groups is 1. The summed E-state index contributed by atoms with van der Waals surface area (Å²) in [4.78, 5) is 25.7. The van der Waals surface area contributed by atoms with Crippen LogP contribution in [-0.2, 0) is 6.42 Å². The van der Waals surface area contributed by atoms with Gasteiger partial charge in [0.15, 0.2) is 5.76 Å². The number of piperidine rings is 1. The van der Waals surface area contributed by atoms with Gasteiger partial charge in [-0.15, -0.1) is 0 Å². The van der Waals surface area contributed by atoms with Crippen molar-refractivity contribution in [3.05, 3.63) is 22.6 Å². The number of amides is 3. The molecular weight excluding hydrogens is 308 g/mol. The number of likely N-dealkylation sites (tertiary alicyclic amines) is 1. The Hall–Kier alpha value is -2.31. The first-order chi connectivity index (χ1) is 11.5. The SMILES string of the molecule is Cc1c(C(=O)N2CCCCC2C)oc2c1/C(=N/NC(N)=O)CCC2. The van der Waals surface area contributed by atoms with Crippen LogP contribution in [0.15, 0.2) is 9.52 Å². The molecule has 1 aromatic heterocycles. The predicted octanol–water partition coefficient (Wildman–Crippen LogP) is 2.31. The van der Waals surface area contributed by atoms with E-state index in [9.17, 15) is 9.59 Å². The van der Waals surface area contributed by atoms with Crippen LogP contribution in [-0.4, -0.2) is 35.1 Å². The van der Waals surface area contributed by atoms with Crippen molar-refractivity contribution in [1.29, 1.82) is 0 Å². The maximum atomic E-state index is 12.9. The Morgan fingerprint density at radius 2 is 2.08 bits per heavy atom. The molecule has 7 nitrogen and oxygen atoms in total. The molecule has 24 heavy (non-hydrogen) atoms. The van der Waals surface area contributed by atoms with Crippen LogP contribution >= 0.6 is 0 Å². The first-order valence-electron chi connectivity index (χ1n) is 8.54. The summed E-state index contributed by atoms with van der Waals surface area (Å²) in [5.74, 6) is 1.13. The molecule has 0 spiro atoms. The minimum Gasteiger partial charge on any atom is -0.455 e. The summed E-state index contributed by atoms with van der Waals surface area (Å²) in [6, 6.07) is -0.466. The molecule has 0 radical (unpaired) electrons. The van der Waals surface area contributed by atoms with E-state index in [2.05, 4.69) is 17.5 Å². The van der Waals surface area contributed by atoms with Crippen LogP contribution in [0.5, 0.6) is 0 Å². The third-order valence-corrected chi connectivity index (χ3v) is 4.88. The van der Waals surface area contributed by atoms with E-state index in [-0.39, 0.29) is 11.9 Å². The highest BCUT2D eigenvalue weighted by Crippen LogP contribution is 2.31. The number of nitrogens with one attached hydrogen (secondary N) is 1. The van der Waals surface area contributed by atoms with Crippen molar-refractivity contribution in [2.45, 2.75) is 58.4 Å². The first-order valence-corrected chi connectivity index (χ1v) is 8.54. The van der Waals surface area contributed by atoms with Crippen molar-refractivity contribution < 1.29 is 14.0 Å². The fourth-order valence-electron chi connectivity index (χ4n) is 3.64. The van der Waals surface area contributed by atoms with Crippen LogP contribution in [0.3, 0.4) is 0 Å². The largest absolute Gasteiger partial charge is 0.455 e. The summed E-state index contributed by atoms with van der Waals surface area (Å²) in [6.07, 6.45) is 5.59. The van der Waals surface area contributed by atoms with E-state index in [0.29, 0.717) is 5.76 Å². The van der Waals surface area contributed by atoms with Crippen LogP contribution in [0.1, 0.15) is 66.5 Å². The Bertz CT molecular complexity index is 692. The number of urea groups is 1. The Kier molecular flexibility index (Phi) is 4.59. The number of hydrogen-bond donors (Lipinski definition) is 2. The molecule has 1 aliphatic carbocycles. The minimum atomic E-state index is -0.700.